The van der Waals surface area contributed by atoms with E-state index in [0.29, 0.717) is 0 Å². The molecule has 7 heteroatoms. The van der Waals surface area contributed by atoms with Crippen LogP contribution in [0.2, 0.25) is 0 Å². The molecule has 6 nitrogen and oxygen atoms in total. The van der Waals surface area contributed by atoms with Gasteiger partial charge < -0.3 is 15.9 Å². The second-order valence-corrected chi connectivity index (χ2v) is 4.22. The van der Waals surface area contributed by atoms with Gasteiger partial charge in [0.15, 0.2) is 0 Å². The van der Waals surface area contributed by atoms with E-state index in [1.54, 1.807) is 0 Å². The second-order valence-electron chi connectivity index (χ2n) is 4.22. The fourth-order valence-electron chi connectivity index (χ4n) is 2.20. The third-order valence-corrected chi connectivity index (χ3v) is 3.16. The van der Waals surface area contributed by atoms with Crippen molar-refractivity contribution in [3.05, 3.63) is 22.7 Å². The minimum Gasteiger partial charge on any atom is -0.396 e. The first-order valence-electron chi connectivity index (χ1n) is 5.32. The van der Waals surface area contributed by atoms with E-state index in [-0.39, 0.29) is 18.8 Å². The molecule has 0 aromatic carbocycles. The van der Waals surface area contributed by atoms with Gasteiger partial charge >= 0.3 is 5.69 Å². The van der Waals surface area contributed by atoms with Crippen LogP contribution in [0.4, 0.5) is 10.2 Å². The molecule has 4 N–H and O–H groups in total. The number of aromatic nitrogens is 2. The fourth-order valence-corrected chi connectivity index (χ4v) is 2.20. The molecule has 0 saturated heterocycles. The van der Waals surface area contributed by atoms with Crippen molar-refractivity contribution in [1.82, 2.24) is 9.55 Å². The zero-order valence-electron chi connectivity index (χ0n) is 9.03. The first-order chi connectivity index (χ1) is 8.04. The summed E-state index contributed by atoms with van der Waals surface area (Å²) in [6.07, 6.45) is -1.26. The lowest BCUT2D eigenvalue weighted by molar-refractivity contribution is 0.0495. The van der Waals surface area contributed by atoms with Gasteiger partial charge in [0.1, 0.15) is 18.1 Å². The van der Waals surface area contributed by atoms with Gasteiger partial charge in [-0.3, -0.25) is 4.57 Å². The molecule has 1 aliphatic carbocycles. The van der Waals surface area contributed by atoms with Crippen LogP contribution in [0, 0.1) is 5.92 Å². The summed E-state index contributed by atoms with van der Waals surface area (Å²) >= 11 is 0. The maximum absolute atomic E-state index is 13.6. The highest BCUT2D eigenvalue weighted by Gasteiger charge is 2.43. The smallest absolute Gasteiger partial charge is 0.349 e. The number of aliphatic hydroxyl groups excluding tert-OH is 2. The van der Waals surface area contributed by atoms with E-state index in [9.17, 15) is 14.3 Å². The van der Waals surface area contributed by atoms with Gasteiger partial charge in [-0.15, -0.1) is 0 Å². The highest BCUT2D eigenvalue weighted by Crippen LogP contribution is 2.36. The Morgan fingerprint density at radius 2 is 2.35 bits per heavy atom. The number of rotatable bonds is 2. The Morgan fingerprint density at radius 1 is 1.65 bits per heavy atom. The molecule has 4 unspecified atom stereocenters. The van der Waals surface area contributed by atoms with Crippen LogP contribution in [0.5, 0.6) is 0 Å². The molecule has 0 aliphatic heterocycles. The van der Waals surface area contributed by atoms with Gasteiger partial charge in [-0.05, 0) is 12.5 Å². The van der Waals surface area contributed by atoms with Crippen LogP contribution >= 0.6 is 0 Å². The molecule has 1 aromatic rings. The molecule has 94 valence electrons. The standard InChI is InChI=1S/C10H14FN3O3/c11-8-5(4-15)3-6(9(8)16)14-2-1-7(12)13-10(14)17/h1-2,5-6,8-9,15-16H,3-4H2,(H2,12,13,17). The summed E-state index contributed by atoms with van der Waals surface area (Å²) in [4.78, 5) is 15.1. The van der Waals surface area contributed by atoms with Crippen molar-refractivity contribution in [2.75, 3.05) is 12.3 Å². The van der Waals surface area contributed by atoms with Gasteiger partial charge in [0.25, 0.3) is 0 Å². The summed E-state index contributed by atoms with van der Waals surface area (Å²) in [5.41, 5.74) is 4.72. The Bertz CT molecular complexity index is 464. The summed E-state index contributed by atoms with van der Waals surface area (Å²) in [6.45, 7) is -0.355. The molecular formula is C10H14FN3O3. The first-order valence-corrected chi connectivity index (χ1v) is 5.32. The first kappa shape index (κ1) is 12.0. The highest BCUT2D eigenvalue weighted by molar-refractivity contribution is 5.23. The van der Waals surface area contributed by atoms with Crippen molar-refractivity contribution in [1.29, 1.82) is 0 Å². The summed E-state index contributed by atoms with van der Waals surface area (Å²) in [5, 5.41) is 18.7. The van der Waals surface area contributed by atoms with Crippen LogP contribution in [-0.4, -0.2) is 38.6 Å². The third kappa shape index (κ3) is 2.03. The number of hydrogen-bond donors (Lipinski definition) is 3. The molecule has 1 fully saturated rings. The molecule has 2 rings (SSSR count). The van der Waals surface area contributed by atoms with E-state index in [1.807, 2.05) is 0 Å². The number of anilines is 1. The molecule has 0 bridgehead atoms. The average molecular weight is 243 g/mol. The molecule has 1 heterocycles. The maximum atomic E-state index is 13.6. The van der Waals surface area contributed by atoms with Crippen molar-refractivity contribution in [2.45, 2.75) is 24.7 Å². The van der Waals surface area contributed by atoms with Crippen molar-refractivity contribution in [3.8, 4) is 0 Å². The predicted octanol–water partition coefficient (Wildman–Crippen LogP) is -0.922. The van der Waals surface area contributed by atoms with Crippen molar-refractivity contribution in [2.24, 2.45) is 5.92 Å². The summed E-state index contributed by atoms with van der Waals surface area (Å²) < 4.78 is 14.7. The maximum Gasteiger partial charge on any atom is 0.349 e. The average Bonchev–Trinajstić information content (AvgIpc) is 2.57. The van der Waals surface area contributed by atoms with E-state index in [1.165, 1.54) is 12.3 Å². The van der Waals surface area contributed by atoms with Crippen molar-refractivity contribution < 1.29 is 14.6 Å². The predicted molar refractivity (Wildman–Crippen MR) is 58.0 cm³/mol. The number of nitrogens with zero attached hydrogens (tertiary/aromatic N) is 2. The zero-order valence-corrected chi connectivity index (χ0v) is 9.03. The quantitative estimate of drug-likeness (QED) is 0.623. The van der Waals surface area contributed by atoms with Gasteiger partial charge in [-0.1, -0.05) is 0 Å². The van der Waals surface area contributed by atoms with Crippen LogP contribution < -0.4 is 11.4 Å². The van der Waals surface area contributed by atoms with Gasteiger partial charge in [0.05, 0.1) is 6.04 Å². The molecule has 0 radical (unpaired) electrons. The molecule has 1 saturated carbocycles. The molecule has 0 amide bonds. The van der Waals surface area contributed by atoms with Gasteiger partial charge in [-0.25, -0.2) is 9.18 Å². The number of aliphatic hydroxyl groups is 2. The Morgan fingerprint density at radius 3 is 2.88 bits per heavy atom. The van der Waals surface area contributed by atoms with E-state index in [4.69, 9.17) is 10.8 Å². The minimum atomic E-state index is -1.53. The summed E-state index contributed by atoms with van der Waals surface area (Å²) in [6, 6.07) is 0.705. The van der Waals surface area contributed by atoms with Crippen LogP contribution in [0.15, 0.2) is 17.1 Å². The number of alkyl halides is 1. The van der Waals surface area contributed by atoms with Crippen LogP contribution in [0.3, 0.4) is 0 Å². The lowest BCUT2D eigenvalue weighted by Crippen LogP contribution is -2.33. The van der Waals surface area contributed by atoms with Crippen LogP contribution in [-0.2, 0) is 0 Å². The minimum absolute atomic E-state index is 0.0780. The molecule has 1 aliphatic rings. The monoisotopic (exact) mass is 243 g/mol. The van der Waals surface area contributed by atoms with E-state index in [0.717, 1.165) is 4.57 Å². The van der Waals surface area contributed by atoms with Gasteiger partial charge in [-0.2, -0.15) is 4.98 Å². The number of nitrogens with two attached hydrogens (primary N) is 1. The van der Waals surface area contributed by atoms with Gasteiger partial charge in [0, 0.05) is 18.7 Å². The van der Waals surface area contributed by atoms with Crippen LogP contribution in [0.1, 0.15) is 12.5 Å². The normalized spacial score (nSPS) is 32.9. The number of halogens is 1. The Kier molecular flexibility index (Phi) is 3.12. The Balaban J connectivity index is 2.32. The molecular weight excluding hydrogens is 229 g/mol. The van der Waals surface area contributed by atoms with Crippen molar-refractivity contribution >= 4 is 5.82 Å². The third-order valence-electron chi connectivity index (χ3n) is 3.16. The van der Waals surface area contributed by atoms with E-state index < -0.39 is 29.9 Å². The van der Waals surface area contributed by atoms with E-state index >= 15 is 0 Å². The topological polar surface area (TPSA) is 101 Å². The Labute approximate surface area is 96.5 Å². The lowest BCUT2D eigenvalue weighted by atomic mass is 10.1. The van der Waals surface area contributed by atoms with Crippen LogP contribution in [0.25, 0.3) is 0 Å². The summed E-state index contributed by atoms with van der Waals surface area (Å²) in [7, 11) is 0. The Hall–Kier alpha value is -1.47. The number of hydrogen-bond acceptors (Lipinski definition) is 5. The lowest BCUT2D eigenvalue weighted by Gasteiger charge is -2.17. The SMILES string of the molecule is Nc1ccn(C2CC(CO)C(F)C2O)c(=O)n1. The van der Waals surface area contributed by atoms with Gasteiger partial charge in [0.2, 0.25) is 0 Å². The highest BCUT2D eigenvalue weighted by atomic mass is 19.1. The molecule has 1 aromatic heterocycles. The second kappa shape index (κ2) is 4.42. The fraction of sp³-hybridized carbons (Fsp3) is 0.600. The molecule has 4 atom stereocenters. The largest absolute Gasteiger partial charge is 0.396 e. The van der Waals surface area contributed by atoms with Crippen molar-refractivity contribution in [3.63, 3.8) is 0 Å². The van der Waals surface area contributed by atoms with E-state index in [2.05, 4.69) is 4.98 Å². The molecule has 0 spiro atoms. The summed E-state index contributed by atoms with van der Waals surface area (Å²) in [5.74, 6) is -0.575. The zero-order chi connectivity index (χ0) is 12.6. The molecule has 17 heavy (non-hydrogen) atoms. The number of nitrogen functional groups attached to an aromatic ring is 1.